The van der Waals surface area contributed by atoms with Crippen LogP contribution in [-0.4, -0.2) is 21.6 Å². The third-order valence-corrected chi connectivity index (χ3v) is 2.42. The van der Waals surface area contributed by atoms with Crippen LogP contribution in [0.15, 0.2) is 18.2 Å². The van der Waals surface area contributed by atoms with Crippen molar-refractivity contribution in [2.45, 2.75) is 6.92 Å². The monoisotopic (exact) mass is 303 g/mol. The van der Waals surface area contributed by atoms with Gasteiger partial charge in [0.05, 0.1) is 11.6 Å². The molecule has 0 saturated heterocycles. The molecule has 0 fully saturated rings. The molecule has 0 aliphatic rings. The summed E-state index contributed by atoms with van der Waals surface area (Å²) in [6, 6.07) is 4.15. The van der Waals surface area contributed by atoms with E-state index in [0.29, 0.717) is 6.61 Å². The van der Waals surface area contributed by atoms with Crippen molar-refractivity contribution in [2.75, 3.05) is 6.61 Å². The fraction of sp³-hybridized carbons (Fsp3) is 0.182. The Morgan fingerprint density at radius 3 is 2.63 bits per heavy atom. The van der Waals surface area contributed by atoms with E-state index >= 15 is 0 Å². The second-order valence-corrected chi connectivity index (χ2v) is 4.00. The molecule has 0 saturated carbocycles. The maximum absolute atomic E-state index is 13.6. The molecule has 5 nitrogen and oxygen atoms in total. The highest BCUT2D eigenvalue weighted by Crippen LogP contribution is 2.27. The van der Waals surface area contributed by atoms with Crippen molar-refractivity contribution < 1.29 is 13.9 Å². The first-order chi connectivity index (χ1) is 9.10. The predicted octanol–water partition coefficient (Wildman–Crippen LogP) is 3.51. The summed E-state index contributed by atoms with van der Waals surface area (Å²) >= 11 is 11.3. The quantitative estimate of drug-likeness (QED) is 0.865. The van der Waals surface area contributed by atoms with Crippen LogP contribution in [0.5, 0.6) is 17.8 Å². The Morgan fingerprint density at radius 2 is 1.89 bits per heavy atom. The predicted molar refractivity (Wildman–Crippen MR) is 67.5 cm³/mol. The van der Waals surface area contributed by atoms with Gasteiger partial charge in [0.25, 0.3) is 0 Å². The van der Waals surface area contributed by atoms with E-state index in [0.717, 1.165) is 0 Å². The zero-order valence-electron chi connectivity index (χ0n) is 9.73. The van der Waals surface area contributed by atoms with Gasteiger partial charge in [0.1, 0.15) is 0 Å². The number of ether oxygens (including phenoxy) is 2. The van der Waals surface area contributed by atoms with Crippen LogP contribution in [-0.2, 0) is 0 Å². The third-order valence-electron chi connectivity index (χ3n) is 1.96. The molecule has 100 valence electrons. The number of nitrogens with zero attached hydrogens (tertiary/aromatic N) is 3. The van der Waals surface area contributed by atoms with E-state index in [1.807, 2.05) is 0 Å². The summed E-state index contributed by atoms with van der Waals surface area (Å²) in [6.07, 6.45) is 0. The molecule has 0 amide bonds. The van der Waals surface area contributed by atoms with E-state index in [1.165, 1.54) is 18.2 Å². The van der Waals surface area contributed by atoms with Gasteiger partial charge in [-0.05, 0) is 30.7 Å². The molecule has 0 atom stereocenters. The van der Waals surface area contributed by atoms with Crippen molar-refractivity contribution in [2.24, 2.45) is 0 Å². The van der Waals surface area contributed by atoms with Crippen LogP contribution in [0, 0.1) is 5.82 Å². The molecule has 0 radical (unpaired) electrons. The third kappa shape index (κ3) is 3.42. The van der Waals surface area contributed by atoms with Gasteiger partial charge in [-0.25, -0.2) is 4.39 Å². The van der Waals surface area contributed by atoms with Gasteiger partial charge in [-0.2, -0.15) is 9.97 Å². The van der Waals surface area contributed by atoms with E-state index in [-0.39, 0.29) is 28.1 Å². The summed E-state index contributed by atoms with van der Waals surface area (Å²) in [5.74, 6) is -0.823. The lowest BCUT2D eigenvalue weighted by Crippen LogP contribution is -2.02. The van der Waals surface area contributed by atoms with E-state index in [9.17, 15) is 4.39 Å². The van der Waals surface area contributed by atoms with Crippen molar-refractivity contribution in [1.29, 1.82) is 0 Å². The van der Waals surface area contributed by atoms with Gasteiger partial charge in [0.2, 0.25) is 5.28 Å². The van der Waals surface area contributed by atoms with E-state index in [4.69, 9.17) is 32.7 Å². The number of rotatable bonds is 4. The van der Waals surface area contributed by atoms with Gasteiger partial charge in [0.15, 0.2) is 11.6 Å². The van der Waals surface area contributed by atoms with Gasteiger partial charge in [0, 0.05) is 0 Å². The summed E-state index contributed by atoms with van der Waals surface area (Å²) in [4.78, 5) is 11.3. The van der Waals surface area contributed by atoms with Gasteiger partial charge >= 0.3 is 12.0 Å². The van der Waals surface area contributed by atoms with E-state index in [2.05, 4.69) is 15.0 Å². The average molecular weight is 304 g/mol. The summed E-state index contributed by atoms with van der Waals surface area (Å²) in [6.45, 7) is 2.11. The van der Waals surface area contributed by atoms with Gasteiger partial charge in [-0.3, -0.25) is 0 Å². The van der Waals surface area contributed by atoms with Gasteiger partial charge in [-0.1, -0.05) is 17.7 Å². The smallest absolute Gasteiger partial charge is 0.329 e. The van der Waals surface area contributed by atoms with Crippen LogP contribution >= 0.6 is 23.2 Å². The molecule has 0 N–H and O–H groups in total. The highest BCUT2D eigenvalue weighted by molar-refractivity contribution is 6.30. The summed E-state index contributed by atoms with van der Waals surface area (Å²) in [7, 11) is 0. The molecular formula is C11H8Cl2FN3O2. The van der Waals surface area contributed by atoms with Crippen LogP contribution < -0.4 is 9.47 Å². The number of hydrogen-bond donors (Lipinski definition) is 0. The topological polar surface area (TPSA) is 57.1 Å². The zero-order chi connectivity index (χ0) is 13.8. The van der Waals surface area contributed by atoms with Gasteiger partial charge < -0.3 is 9.47 Å². The molecule has 2 rings (SSSR count). The van der Waals surface area contributed by atoms with E-state index in [1.54, 1.807) is 6.92 Å². The first kappa shape index (κ1) is 13.8. The van der Waals surface area contributed by atoms with Gasteiger partial charge in [-0.15, -0.1) is 4.98 Å². The molecule has 1 aromatic carbocycles. The molecule has 8 heteroatoms. The van der Waals surface area contributed by atoms with Crippen LogP contribution in [0.3, 0.4) is 0 Å². The Kier molecular flexibility index (Phi) is 4.34. The SMILES string of the molecule is CCOc1nc(Cl)nc(Oc2cccc(Cl)c2F)n1. The first-order valence-corrected chi connectivity index (χ1v) is 6.02. The molecule has 0 aliphatic carbocycles. The summed E-state index contributed by atoms with van der Waals surface area (Å²) in [5, 5.41) is -0.182. The Balaban J connectivity index is 2.30. The molecule has 0 spiro atoms. The minimum atomic E-state index is -0.710. The van der Waals surface area contributed by atoms with Crippen molar-refractivity contribution in [3.63, 3.8) is 0 Å². The normalized spacial score (nSPS) is 10.3. The van der Waals surface area contributed by atoms with Crippen LogP contribution in [0.1, 0.15) is 6.92 Å². The lowest BCUT2D eigenvalue weighted by molar-refractivity contribution is 0.301. The lowest BCUT2D eigenvalue weighted by Gasteiger charge is -2.07. The molecule has 1 aromatic heterocycles. The minimum absolute atomic E-state index is 0.0000591. The van der Waals surface area contributed by atoms with Crippen molar-refractivity contribution in [1.82, 2.24) is 15.0 Å². The highest BCUT2D eigenvalue weighted by Gasteiger charge is 2.12. The Labute approximate surface area is 118 Å². The fourth-order valence-electron chi connectivity index (χ4n) is 1.22. The molecule has 0 unspecified atom stereocenters. The van der Waals surface area contributed by atoms with Crippen LogP contribution in [0.4, 0.5) is 4.39 Å². The first-order valence-electron chi connectivity index (χ1n) is 5.26. The summed E-state index contributed by atoms with van der Waals surface area (Å²) < 4.78 is 23.9. The number of benzene rings is 1. The molecule has 2 aromatic rings. The largest absolute Gasteiger partial charge is 0.464 e. The van der Waals surface area contributed by atoms with Crippen LogP contribution in [0.25, 0.3) is 0 Å². The molecule has 0 aliphatic heterocycles. The number of halogens is 3. The Morgan fingerprint density at radius 1 is 1.16 bits per heavy atom. The van der Waals surface area contributed by atoms with Crippen molar-refractivity contribution in [3.8, 4) is 17.8 Å². The zero-order valence-corrected chi connectivity index (χ0v) is 11.2. The molecular weight excluding hydrogens is 296 g/mol. The Bertz CT molecular complexity index is 598. The van der Waals surface area contributed by atoms with Crippen molar-refractivity contribution in [3.05, 3.63) is 34.3 Å². The van der Waals surface area contributed by atoms with E-state index < -0.39 is 5.82 Å². The second kappa shape index (κ2) is 5.99. The molecule has 19 heavy (non-hydrogen) atoms. The maximum Gasteiger partial charge on any atom is 0.329 e. The maximum atomic E-state index is 13.6. The minimum Gasteiger partial charge on any atom is -0.464 e. The summed E-state index contributed by atoms with van der Waals surface area (Å²) in [5.41, 5.74) is 0. The Hall–Kier alpha value is -1.66. The average Bonchev–Trinajstić information content (AvgIpc) is 2.35. The highest BCUT2D eigenvalue weighted by atomic mass is 35.5. The molecule has 0 bridgehead atoms. The standard InChI is InChI=1S/C11H8Cl2FN3O2/c1-2-18-10-15-9(13)16-11(17-10)19-7-5-3-4-6(12)8(7)14/h3-5H,2H2,1H3. The fourth-order valence-corrected chi connectivity index (χ4v) is 1.53. The molecule has 1 heterocycles. The van der Waals surface area contributed by atoms with Crippen molar-refractivity contribution >= 4 is 23.2 Å². The number of aromatic nitrogens is 3. The van der Waals surface area contributed by atoms with Crippen LogP contribution in [0.2, 0.25) is 10.3 Å². The number of hydrogen-bond acceptors (Lipinski definition) is 5. The lowest BCUT2D eigenvalue weighted by atomic mass is 10.3. The second-order valence-electron chi connectivity index (χ2n) is 3.26.